The lowest BCUT2D eigenvalue weighted by Gasteiger charge is -2.48. The van der Waals surface area contributed by atoms with Crippen LogP contribution in [0.3, 0.4) is 0 Å². The summed E-state index contributed by atoms with van der Waals surface area (Å²) >= 11 is 0. The number of carbonyl (C=O) groups excluding carboxylic acids is 1. The fraction of sp³-hybridized carbons (Fsp3) is 0.929. The molecule has 2 heterocycles. The number of urea groups is 1. The van der Waals surface area contributed by atoms with E-state index in [1.807, 2.05) is 9.80 Å². The number of ether oxygens (including phenoxy) is 1. The molecule has 2 aliphatic rings. The Labute approximate surface area is 110 Å². The van der Waals surface area contributed by atoms with Crippen LogP contribution in [0.2, 0.25) is 0 Å². The third-order valence-electron chi connectivity index (χ3n) is 3.59. The van der Waals surface area contributed by atoms with Gasteiger partial charge in [0.2, 0.25) is 0 Å². The zero-order valence-corrected chi connectivity index (χ0v) is 12.2. The molecule has 0 spiro atoms. The summed E-state index contributed by atoms with van der Waals surface area (Å²) in [6.07, 6.45) is 3.54. The molecule has 4 nitrogen and oxygen atoms in total. The summed E-state index contributed by atoms with van der Waals surface area (Å²) in [6, 6.07) is 0.194. The Hall–Kier alpha value is -0.770. The number of hydrogen-bond donors (Lipinski definition) is 0. The second-order valence-electron chi connectivity index (χ2n) is 6.81. The fourth-order valence-corrected chi connectivity index (χ4v) is 3.21. The summed E-state index contributed by atoms with van der Waals surface area (Å²) in [7, 11) is 0. The van der Waals surface area contributed by atoms with Crippen LogP contribution >= 0.6 is 0 Å². The van der Waals surface area contributed by atoms with Gasteiger partial charge in [-0.15, -0.1) is 0 Å². The van der Waals surface area contributed by atoms with Gasteiger partial charge in [-0.05, 0) is 47.0 Å². The zero-order chi connectivity index (χ0) is 13.4. The van der Waals surface area contributed by atoms with Gasteiger partial charge in [-0.3, -0.25) is 0 Å². The van der Waals surface area contributed by atoms with Gasteiger partial charge in [0.1, 0.15) is 0 Å². The van der Waals surface area contributed by atoms with Crippen LogP contribution in [-0.2, 0) is 4.74 Å². The lowest BCUT2D eigenvalue weighted by molar-refractivity contribution is -0.172. The van der Waals surface area contributed by atoms with E-state index >= 15 is 0 Å². The number of hydrogen-bond acceptors (Lipinski definition) is 2. The first-order valence-electron chi connectivity index (χ1n) is 7.03. The van der Waals surface area contributed by atoms with Gasteiger partial charge >= 0.3 is 6.03 Å². The van der Waals surface area contributed by atoms with E-state index in [9.17, 15) is 4.79 Å². The van der Waals surface area contributed by atoms with Gasteiger partial charge in [-0.2, -0.15) is 0 Å². The normalized spacial score (nSPS) is 27.1. The summed E-state index contributed by atoms with van der Waals surface area (Å²) in [5, 5.41) is 0. The Morgan fingerprint density at radius 3 is 1.89 bits per heavy atom. The number of rotatable bonds is 0. The SMILES string of the molecule is CC1(C)CN(C(=O)N2CCCCC2)CC(C)(C)O1. The van der Waals surface area contributed by atoms with Crippen molar-refractivity contribution in [3.05, 3.63) is 0 Å². The third-order valence-corrected chi connectivity index (χ3v) is 3.59. The Morgan fingerprint density at radius 2 is 1.39 bits per heavy atom. The third kappa shape index (κ3) is 3.16. The molecule has 2 fully saturated rings. The molecule has 104 valence electrons. The second kappa shape index (κ2) is 4.72. The van der Waals surface area contributed by atoms with Crippen molar-refractivity contribution in [1.29, 1.82) is 0 Å². The van der Waals surface area contributed by atoms with Crippen molar-refractivity contribution in [3.63, 3.8) is 0 Å². The molecule has 0 bridgehead atoms. The van der Waals surface area contributed by atoms with Crippen molar-refractivity contribution in [1.82, 2.24) is 9.80 Å². The molecule has 18 heavy (non-hydrogen) atoms. The van der Waals surface area contributed by atoms with E-state index in [-0.39, 0.29) is 17.2 Å². The molecule has 0 aliphatic carbocycles. The number of nitrogens with zero attached hydrogens (tertiary/aromatic N) is 2. The van der Waals surface area contributed by atoms with Crippen LogP contribution in [-0.4, -0.2) is 53.2 Å². The maximum atomic E-state index is 12.5. The molecule has 0 atom stereocenters. The first-order valence-corrected chi connectivity index (χ1v) is 7.03. The average Bonchev–Trinajstić information content (AvgIpc) is 2.25. The van der Waals surface area contributed by atoms with Crippen LogP contribution in [0.1, 0.15) is 47.0 Å². The smallest absolute Gasteiger partial charge is 0.320 e. The molecule has 2 saturated heterocycles. The van der Waals surface area contributed by atoms with E-state index < -0.39 is 0 Å². The van der Waals surface area contributed by atoms with Crippen molar-refractivity contribution >= 4 is 6.03 Å². The minimum atomic E-state index is -0.257. The van der Waals surface area contributed by atoms with Gasteiger partial charge in [0.05, 0.1) is 24.3 Å². The molecule has 2 aliphatic heterocycles. The Kier molecular flexibility index (Phi) is 3.58. The quantitative estimate of drug-likeness (QED) is 0.665. The molecule has 0 unspecified atom stereocenters. The van der Waals surface area contributed by atoms with E-state index in [1.54, 1.807) is 0 Å². The van der Waals surface area contributed by atoms with E-state index in [2.05, 4.69) is 27.7 Å². The lowest BCUT2D eigenvalue weighted by Crippen LogP contribution is -2.61. The highest BCUT2D eigenvalue weighted by molar-refractivity contribution is 5.75. The molecular formula is C14H26N2O2. The van der Waals surface area contributed by atoms with Gasteiger partial charge in [-0.25, -0.2) is 4.79 Å². The van der Waals surface area contributed by atoms with Crippen molar-refractivity contribution < 1.29 is 9.53 Å². The molecule has 4 heteroatoms. The fourth-order valence-electron chi connectivity index (χ4n) is 3.21. The Bertz CT molecular complexity index is 304. The maximum absolute atomic E-state index is 12.5. The summed E-state index contributed by atoms with van der Waals surface area (Å²) in [5.41, 5.74) is -0.513. The molecule has 0 aromatic carbocycles. The van der Waals surface area contributed by atoms with Crippen LogP contribution in [0.25, 0.3) is 0 Å². The van der Waals surface area contributed by atoms with Gasteiger partial charge < -0.3 is 14.5 Å². The topological polar surface area (TPSA) is 32.8 Å². The molecule has 0 saturated carbocycles. The number of carbonyl (C=O) groups is 1. The van der Waals surface area contributed by atoms with E-state index in [1.165, 1.54) is 6.42 Å². The summed E-state index contributed by atoms with van der Waals surface area (Å²) in [4.78, 5) is 16.5. The van der Waals surface area contributed by atoms with Gasteiger partial charge in [0.25, 0.3) is 0 Å². The molecule has 0 aromatic heterocycles. The predicted molar refractivity (Wildman–Crippen MR) is 71.6 cm³/mol. The highest BCUT2D eigenvalue weighted by Crippen LogP contribution is 2.29. The van der Waals surface area contributed by atoms with E-state index in [0.29, 0.717) is 13.1 Å². The standard InChI is InChI=1S/C14H26N2O2/c1-13(2)10-16(11-14(3,4)18-13)12(17)15-8-6-5-7-9-15/h5-11H2,1-4H3. The van der Waals surface area contributed by atoms with Crippen molar-refractivity contribution in [2.45, 2.75) is 58.2 Å². The summed E-state index contributed by atoms with van der Waals surface area (Å²) in [5.74, 6) is 0. The zero-order valence-electron chi connectivity index (χ0n) is 12.2. The van der Waals surface area contributed by atoms with E-state index in [4.69, 9.17) is 4.74 Å². The second-order valence-corrected chi connectivity index (χ2v) is 6.81. The van der Waals surface area contributed by atoms with Crippen LogP contribution < -0.4 is 0 Å². The highest BCUT2D eigenvalue weighted by atomic mass is 16.5. The van der Waals surface area contributed by atoms with Gasteiger partial charge in [0.15, 0.2) is 0 Å². The van der Waals surface area contributed by atoms with Crippen LogP contribution in [0.4, 0.5) is 4.79 Å². The molecule has 2 rings (SSSR count). The lowest BCUT2D eigenvalue weighted by atomic mass is 9.99. The van der Waals surface area contributed by atoms with Crippen LogP contribution in [0.5, 0.6) is 0 Å². The number of likely N-dealkylation sites (tertiary alicyclic amines) is 1. The molecule has 0 aromatic rings. The Morgan fingerprint density at radius 1 is 0.889 bits per heavy atom. The Balaban J connectivity index is 2.05. The average molecular weight is 254 g/mol. The minimum absolute atomic E-state index is 0.194. The van der Waals surface area contributed by atoms with Crippen molar-refractivity contribution in [2.24, 2.45) is 0 Å². The molecular weight excluding hydrogens is 228 g/mol. The first-order chi connectivity index (χ1) is 8.29. The molecule has 2 amide bonds. The first kappa shape index (κ1) is 13.7. The number of amides is 2. The van der Waals surface area contributed by atoms with Crippen molar-refractivity contribution in [3.8, 4) is 0 Å². The minimum Gasteiger partial charge on any atom is -0.366 e. The predicted octanol–water partition coefficient (Wildman–Crippen LogP) is 2.48. The summed E-state index contributed by atoms with van der Waals surface area (Å²) in [6.45, 7) is 11.4. The highest BCUT2D eigenvalue weighted by Gasteiger charge is 2.41. The molecule has 0 N–H and O–H groups in total. The van der Waals surface area contributed by atoms with Crippen LogP contribution in [0, 0.1) is 0 Å². The van der Waals surface area contributed by atoms with Gasteiger partial charge in [0, 0.05) is 13.1 Å². The number of piperidine rings is 1. The maximum Gasteiger partial charge on any atom is 0.320 e. The monoisotopic (exact) mass is 254 g/mol. The van der Waals surface area contributed by atoms with Crippen molar-refractivity contribution in [2.75, 3.05) is 26.2 Å². The van der Waals surface area contributed by atoms with Crippen LogP contribution in [0.15, 0.2) is 0 Å². The number of morpholine rings is 1. The van der Waals surface area contributed by atoms with E-state index in [0.717, 1.165) is 25.9 Å². The summed E-state index contributed by atoms with van der Waals surface area (Å²) < 4.78 is 6.02. The largest absolute Gasteiger partial charge is 0.366 e. The molecule has 0 radical (unpaired) electrons. The van der Waals surface area contributed by atoms with Gasteiger partial charge in [-0.1, -0.05) is 0 Å².